The minimum atomic E-state index is -0.163. The monoisotopic (exact) mass is 460 g/mol. The van der Waals surface area contributed by atoms with Gasteiger partial charge in [0, 0.05) is 25.2 Å². The third-order valence-corrected chi connectivity index (χ3v) is 8.83. The Hall–Kier alpha value is -2.85. The van der Waals surface area contributed by atoms with E-state index in [1.165, 1.54) is 24.8 Å². The Morgan fingerprint density at radius 3 is 2.44 bits per heavy atom. The number of amides is 2. The predicted molar refractivity (Wildman–Crippen MR) is 133 cm³/mol. The van der Waals surface area contributed by atoms with Crippen molar-refractivity contribution in [3.8, 4) is 6.07 Å². The molecule has 0 N–H and O–H groups in total. The summed E-state index contributed by atoms with van der Waals surface area (Å²) in [6.45, 7) is 1.95. The Labute approximate surface area is 203 Å². The van der Waals surface area contributed by atoms with Crippen LogP contribution >= 0.6 is 0 Å². The van der Waals surface area contributed by atoms with Crippen molar-refractivity contribution in [1.82, 2.24) is 19.6 Å². The molecular formula is C27H36N6O. The van der Waals surface area contributed by atoms with E-state index in [0.717, 1.165) is 38.0 Å². The molecule has 0 unspecified atom stereocenters. The van der Waals surface area contributed by atoms with Crippen LogP contribution in [-0.2, 0) is 5.54 Å². The maximum atomic E-state index is 13.9. The molecule has 1 saturated heterocycles. The number of nitrogens with zero attached hydrogens (tertiary/aromatic N) is 6. The first-order valence-corrected chi connectivity index (χ1v) is 12.6. The highest BCUT2D eigenvalue weighted by molar-refractivity contribution is 6.08. The van der Waals surface area contributed by atoms with E-state index in [2.05, 4.69) is 65.3 Å². The van der Waals surface area contributed by atoms with Crippen molar-refractivity contribution in [2.24, 2.45) is 10.9 Å². The molecule has 1 aromatic carbocycles. The Balaban J connectivity index is 1.46. The second-order valence-electron chi connectivity index (χ2n) is 10.8. The van der Waals surface area contributed by atoms with Gasteiger partial charge in [-0.15, -0.1) is 0 Å². The number of hydrogen-bond acceptors (Lipinski definition) is 5. The van der Waals surface area contributed by atoms with E-state index in [9.17, 15) is 10.1 Å². The number of carbonyl (C=O) groups is 1. The van der Waals surface area contributed by atoms with Crippen LogP contribution in [0.2, 0.25) is 0 Å². The Morgan fingerprint density at radius 1 is 1.15 bits per heavy atom. The van der Waals surface area contributed by atoms with Crippen LogP contribution in [-0.4, -0.2) is 77.8 Å². The highest BCUT2D eigenvalue weighted by Crippen LogP contribution is 2.50. The summed E-state index contributed by atoms with van der Waals surface area (Å²) in [6.07, 6.45) is 9.49. The third kappa shape index (κ3) is 3.69. The van der Waals surface area contributed by atoms with Crippen LogP contribution in [0, 0.1) is 17.2 Å². The molecule has 1 spiro atoms. The molecule has 3 fully saturated rings. The van der Waals surface area contributed by atoms with Gasteiger partial charge < -0.3 is 9.80 Å². The maximum absolute atomic E-state index is 13.9. The summed E-state index contributed by atoms with van der Waals surface area (Å²) in [5.74, 6) is 1.42. The fourth-order valence-corrected chi connectivity index (χ4v) is 6.36. The third-order valence-electron chi connectivity index (χ3n) is 8.83. The van der Waals surface area contributed by atoms with E-state index in [4.69, 9.17) is 0 Å². The molecule has 0 aromatic heterocycles. The van der Waals surface area contributed by atoms with Gasteiger partial charge in [-0.1, -0.05) is 36.8 Å². The van der Waals surface area contributed by atoms with Crippen molar-refractivity contribution >= 4 is 11.7 Å². The van der Waals surface area contributed by atoms with Crippen LogP contribution in [0.1, 0.15) is 50.5 Å². The quantitative estimate of drug-likeness (QED) is 0.666. The van der Waals surface area contributed by atoms with Crippen molar-refractivity contribution in [3.63, 3.8) is 0 Å². The lowest BCUT2D eigenvalue weighted by molar-refractivity contribution is 0.0160. The largest absolute Gasteiger partial charge is 0.341 e. The lowest BCUT2D eigenvalue weighted by Crippen LogP contribution is -2.56. The summed E-state index contributed by atoms with van der Waals surface area (Å²) in [5, 5.41) is 9.41. The number of benzene rings is 1. The molecule has 7 nitrogen and oxygen atoms in total. The fraction of sp³-hybridized carbons (Fsp3) is 0.593. The van der Waals surface area contributed by atoms with Gasteiger partial charge in [0.05, 0.1) is 12.1 Å². The number of hydrogen-bond donors (Lipinski definition) is 0. The number of rotatable bonds is 5. The fourth-order valence-electron chi connectivity index (χ4n) is 6.36. The van der Waals surface area contributed by atoms with Crippen molar-refractivity contribution in [1.29, 1.82) is 5.26 Å². The van der Waals surface area contributed by atoms with E-state index in [-0.39, 0.29) is 17.1 Å². The summed E-state index contributed by atoms with van der Waals surface area (Å²) in [7, 11) is 6.33. The lowest BCUT2D eigenvalue weighted by Gasteiger charge is -2.51. The summed E-state index contributed by atoms with van der Waals surface area (Å²) in [4.78, 5) is 26.7. The molecule has 0 bridgehead atoms. The van der Waals surface area contributed by atoms with Crippen LogP contribution in [0.25, 0.3) is 0 Å². The molecule has 2 heterocycles. The summed E-state index contributed by atoms with van der Waals surface area (Å²) in [5.41, 5.74) is 1.59. The molecule has 0 atom stereocenters. The highest BCUT2D eigenvalue weighted by atomic mass is 16.2. The number of carbonyl (C=O) groups excluding carboxylic acids is 1. The molecule has 0 radical (unpaired) electrons. The van der Waals surface area contributed by atoms with Crippen molar-refractivity contribution in [2.75, 3.05) is 40.9 Å². The summed E-state index contributed by atoms with van der Waals surface area (Å²) >= 11 is 0. The van der Waals surface area contributed by atoms with Crippen molar-refractivity contribution < 1.29 is 4.79 Å². The maximum Gasteiger partial charge on any atom is 0.326 e. The number of urea groups is 1. The number of nitriles is 1. The Morgan fingerprint density at radius 2 is 1.85 bits per heavy atom. The summed E-state index contributed by atoms with van der Waals surface area (Å²) in [6, 6.07) is 13.1. The first-order chi connectivity index (χ1) is 16.4. The SMILES string of the molecule is CN1CN=C(C#N)C=C1N1C[C@]2(CC[C@](c3ccccc3)(N(C)C)CC2)N(CC2CCC2)C1=O. The van der Waals surface area contributed by atoms with E-state index in [1.807, 2.05) is 16.8 Å². The number of aliphatic imine (C=N–C) groups is 1. The van der Waals surface area contributed by atoms with E-state index >= 15 is 0 Å². The zero-order chi connectivity index (χ0) is 23.9. The second-order valence-corrected chi connectivity index (χ2v) is 10.8. The molecule has 2 amide bonds. The van der Waals surface area contributed by atoms with Crippen LogP contribution in [0.5, 0.6) is 0 Å². The minimum absolute atomic E-state index is 0.00729. The zero-order valence-corrected chi connectivity index (χ0v) is 20.7. The zero-order valence-electron chi connectivity index (χ0n) is 20.7. The molecule has 5 rings (SSSR count). The smallest absolute Gasteiger partial charge is 0.326 e. The van der Waals surface area contributed by atoms with Crippen LogP contribution in [0.15, 0.2) is 47.2 Å². The van der Waals surface area contributed by atoms with E-state index < -0.39 is 0 Å². The normalized spacial score (nSPS) is 29.9. The first kappa shape index (κ1) is 22.9. The first-order valence-electron chi connectivity index (χ1n) is 12.6. The topological polar surface area (TPSA) is 66.2 Å². The van der Waals surface area contributed by atoms with Crippen molar-refractivity contribution in [3.05, 3.63) is 47.8 Å². The standard InChI is InChI=1S/C27H36N6O/c1-30(2)27(22-10-5-4-6-11-22)14-12-26(13-15-27)19-32(24-16-23(17-28)29-20-31(24)3)25(34)33(26)18-21-8-7-9-21/h4-6,10-11,16,21H,7-9,12-15,18-20H2,1-3H3/t26-,27+. The van der Waals surface area contributed by atoms with Crippen LogP contribution in [0.4, 0.5) is 4.79 Å². The van der Waals surface area contributed by atoms with Gasteiger partial charge in [-0.05, 0) is 64.1 Å². The Bertz CT molecular complexity index is 1030. The van der Waals surface area contributed by atoms with Gasteiger partial charge in [0.1, 0.15) is 24.3 Å². The van der Waals surface area contributed by atoms with Gasteiger partial charge in [-0.3, -0.25) is 14.8 Å². The second kappa shape index (κ2) is 8.74. The van der Waals surface area contributed by atoms with Gasteiger partial charge in [-0.2, -0.15) is 5.26 Å². The molecule has 180 valence electrons. The molecule has 4 aliphatic rings. The minimum Gasteiger partial charge on any atom is -0.341 e. The van der Waals surface area contributed by atoms with Crippen LogP contribution < -0.4 is 0 Å². The van der Waals surface area contributed by atoms with Gasteiger partial charge in [0.2, 0.25) is 0 Å². The van der Waals surface area contributed by atoms with Gasteiger partial charge >= 0.3 is 6.03 Å². The highest BCUT2D eigenvalue weighted by Gasteiger charge is 2.55. The summed E-state index contributed by atoms with van der Waals surface area (Å²) < 4.78 is 0. The van der Waals surface area contributed by atoms with Crippen molar-refractivity contribution in [2.45, 2.75) is 56.0 Å². The number of allylic oxidation sites excluding steroid dienone is 1. The molecule has 7 heteroatoms. The molecule has 2 aliphatic heterocycles. The molecular weight excluding hydrogens is 424 g/mol. The van der Waals surface area contributed by atoms with Gasteiger partial charge in [0.25, 0.3) is 0 Å². The molecule has 1 aromatic rings. The average molecular weight is 461 g/mol. The van der Waals surface area contributed by atoms with Gasteiger partial charge in [0.15, 0.2) is 0 Å². The van der Waals surface area contributed by atoms with E-state index in [0.29, 0.717) is 24.8 Å². The van der Waals surface area contributed by atoms with E-state index in [1.54, 1.807) is 6.08 Å². The van der Waals surface area contributed by atoms with Crippen LogP contribution in [0.3, 0.4) is 0 Å². The lowest BCUT2D eigenvalue weighted by atomic mass is 9.68. The Kier molecular flexibility index (Phi) is 5.89. The molecule has 34 heavy (non-hydrogen) atoms. The average Bonchev–Trinajstić information content (AvgIpc) is 3.08. The predicted octanol–water partition coefficient (Wildman–Crippen LogP) is 4.00. The molecule has 2 saturated carbocycles. The molecule has 2 aliphatic carbocycles. The van der Waals surface area contributed by atoms with Gasteiger partial charge in [-0.25, -0.2) is 4.79 Å².